The van der Waals surface area contributed by atoms with Crippen LogP contribution in [0, 0.1) is 24.4 Å². The van der Waals surface area contributed by atoms with Crippen LogP contribution in [0.1, 0.15) is 16.1 Å². The Kier molecular flexibility index (Phi) is 5.88. The number of hydrogen-bond acceptors (Lipinski definition) is 4. The van der Waals surface area contributed by atoms with Gasteiger partial charge in [0.05, 0.1) is 17.1 Å². The molecule has 1 heterocycles. The van der Waals surface area contributed by atoms with Crippen LogP contribution in [0.2, 0.25) is 5.15 Å². The maximum Gasteiger partial charge on any atom is 0.343 e. The lowest BCUT2D eigenvalue weighted by molar-refractivity contribution is -0.119. The van der Waals surface area contributed by atoms with Crippen LogP contribution in [0.5, 0.6) is 0 Å². The fourth-order valence-corrected chi connectivity index (χ4v) is 2.82. The Balaban J connectivity index is 1.70. The average Bonchev–Trinajstić information content (AvgIpc) is 2.97. The lowest BCUT2D eigenvalue weighted by Gasteiger charge is -2.08. The van der Waals surface area contributed by atoms with Crippen molar-refractivity contribution in [2.75, 3.05) is 11.9 Å². The summed E-state index contributed by atoms with van der Waals surface area (Å²) in [5.41, 5.74) is 0.170. The molecule has 2 aromatic carbocycles. The fraction of sp³-hybridized carbons (Fsp3) is 0.105. The van der Waals surface area contributed by atoms with Crippen molar-refractivity contribution >= 4 is 29.2 Å². The minimum absolute atomic E-state index is 0.0827. The Labute approximate surface area is 167 Å². The highest BCUT2D eigenvalue weighted by Crippen LogP contribution is 2.24. The second-order valence-corrected chi connectivity index (χ2v) is 6.25. The number of rotatable bonds is 5. The van der Waals surface area contributed by atoms with E-state index in [0.29, 0.717) is 5.69 Å². The molecule has 0 saturated heterocycles. The van der Waals surface area contributed by atoms with Crippen LogP contribution >= 0.6 is 11.6 Å². The Morgan fingerprint density at radius 2 is 1.76 bits per heavy atom. The molecule has 1 N–H and O–H groups in total. The summed E-state index contributed by atoms with van der Waals surface area (Å²) in [4.78, 5) is 24.2. The summed E-state index contributed by atoms with van der Waals surface area (Å²) in [6.45, 7) is 0.747. The number of nitrogens with one attached hydrogen (secondary N) is 1. The molecule has 0 spiro atoms. The van der Waals surface area contributed by atoms with Gasteiger partial charge in [0, 0.05) is 6.07 Å². The number of nitrogens with zero attached hydrogens (tertiary/aromatic N) is 2. The van der Waals surface area contributed by atoms with Gasteiger partial charge < -0.3 is 10.1 Å². The Bertz CT molecular complexity index is 1080. The Hall–Kier alpha value is -3.33. The quantitative estimate of drug-likeness (QED) is 0.628. The lowest BCUT2D eigenvalue weighted by Crippen LogP contribution is -2.21. The first-order valence-electron chi connectivity index (χ1n) is 8.19. The van der Waals surface area contributed by atoms with E-state index >= 15 is 0 Å². The number of aryl methyl sites for hydroxylation is 1. The summed E-state index contributed by atoms with van der Waals surface area (Å²) < 4.78 is 45.9. The molecule has 0 aliphatic heterocycles. The van der Waals surface area contributed by atoms with E-state index in [-0.39, 0.29) is 22.1 Å². The first-order valence-corrected chi connectivity index (χ1v) is 8.57. The van der Waals surface area contributed by atoms with Gasteiger partial charge in [-0.15, -0.1) is 0 Å². The summed E-state index contributed by atoms with van der Waals surface area (Å²) in [6.07, 6.45) is 0. The van der Waals surface area contributed by atoms with Crippen LogP contribution in [-0.4, -0.2) is 28.3 Å². The SMILES string of the molecule is Cc1nn(-c2ccc(F)cc2)c(Cl)c1C(=O)OCC(=O)Nc1cc(F)ccc1F. The molecule has 1 amide bonds. The molecule has 29 heavy (non-hydrogen) atoms. The highest BCUT2D eigenvalue weighted by atomic mass is 35.5. The molecule has 0 atom stereocenters. The summed E-state index contributed by atoms with van der Waals surface area (Å²) in [6, 6.07) is 7.79. The molecule has 150 valence electrons. The van der Waals surface area contributed by atoms with Gasteiger partial charge in [-0.25, -0.2) is 22.6 Å². The van der Waals surface area contributed by atoms with Gasteiger partial charge in [0.25, 0.3) is 5.91 Å². The number of halogens is 4. The molecule has 3 aromatic rings. The molecule has 3 rings (SSSR count). The summed E-state index contributed by atoms with van der Waals surface area (Å²) in [5, 5.41) is 6.13. The minimum Gasteiger partial charge on any atom is -0.452 e. The predicted octanol–water partition coefficient (Wildman–Crippen LogP) is 4.05. The second-order valence-electron chi connectivity index (χ2n) is 5.89. The molecule has 0 saturated carbocycles. The van der Waals surface area contributed by atoms with Gasteiger partial charge in [-0.2, -0.15) is 5.10 Å². The van der Waals surface area contributed by atoms with E-state index in [1.54, 1.807) is 0 Å². The van der Waals surface area contributed by atoms with Crippen LogP contribution in [-0.2, 0) is 9.53 Å². The van der Waals surface area contributed by atoms with E-state index < -0.39 is 35.9 Å². The minimum atomic E-state index is -0.935. The second kappa shape index (κ2) is 8.36. The number of esters is 1. The third-order valence-electron chi connectivity index (χ3n) is 3.82. The monoisotopic (exact) mass is 423 g/mol. The zero-order valence-electron chi connectivity index (χ0n) is 14.9. The molecule has 0 unspecified atom stereocenters. The standard InChI is InChI=1S/C19H13ClF3N3O3/c1-10-17(18(20)26(25-10)13-5-2-11(21)3-6-13)19(28)29-9-16(27)24-15-8-12(22)4-7-14(15)23/h2-8H,9H2,1H3,(H,24,27). The topological polar surface area (TPSA) is 73.2 Å². The third kappa shape index (κ3) is 4.57. The van der Waals surface area contributed by atoms with E-state index in [1.165, 1.54) is 35.9 Å². The molecule has 0 aliphatic carbocycles. The molecule has 0 radical (unpaired) electrons. The Morgan fingerprint density at radius 3 is 2.45 bits per heavy atom. The van der Waals surface area contributed by atoms with Crippen LogP contribution in [0.3, 0.4) is 0 Å². The van der Waals surface area contributed by atoms with Crippen molar-refractivity contribution in [3.05, 3.63) is 76.3 Å². The number of aromatic nitrogens is 2. The third-order valence-corrected chi connectivity index (χ3v) is 4.17. The Morgan fingerprint density at radius 1 is 1.10 bits per heavy atom. The van der Waals surface area contributed by atoms with Gasteiger partial charge in [0.1, 0.15) is 28.2 Å². The van der Waals surface area contributed by atoms with E-state index in [1.807, 2.05) is 0 Å². The van der Waals surface area contributed by atoms with Gasteiger partial charge in [-0.3, -0.25) is 4.79 Å². The first kappa shape index (κ1) is 20.4. The van der Waals surface area contributed by atoms with Crippen molar-refractivity contribution < 1.29 is 27.5 Å². The lowest BCUT2D eigenvalue weighted by atomic mass is 10.2. The number of amides is 1. The summed E-state index contributed by atoms with van der Waals surface area (Å²) >= 11 is 6.20. The number of carbonyl (C=O) groups is 2. The van der Waals surface area contributed by atoms with E-state index in [2.05, 4.69) is 10.4 Å². The van der Waals surface area contributed by atoms with Crippen molar-refractivity contribution in [1.82, 2.24) is 9.78 Å². The first-order chi connectivity index (χ1) is 13.8. The van der Waals surface area contributed by atoms with Gasteiger partial charge >= 0.3 is 5.97 Å². The molecule has 0 aliphatic rings. The van der Waals surface area contributed by atoms with Gasteiger partial charge in [0.15, 0.2) is 6.61 Å². The smallest absolute Gasteiger partial charge is 0.343 e. The molecule has 6 nitrogen and oxygen atoms in total. The normalized spacial score (nSPS) is 10.7. The molecular formula is C19H13ClF3N3O3. The van der Waals surface area contributed by atoms with Crippen molar-refractivity contribution in [2.45, 2.75) is 6.92 Å². The largest absolute Gasteiger partial charge is 0.452 e. The zero-order chi connectivity index (χ0) is 21.1. The molecule has 0 bridgehead atoms. The maximum absolute atomic E-state index is 13.5. The van der Waals surface area contributed by atoms with E-state index in [4.69, 9.17) is 16.3 Å². The van der Waals surface area contributed by atoms with Crippen LogP contribution in [0.15, 0.2) is 42.5 Å². The van der Waals surface area contributed by atoms with E-state index in [9.17, 15) is 22.8 Å². The van der Waals surface area contributed by atoms with Crippen molar-refractivity contribution in [3.63, 3.8) is 0 Å². The van der Waals surface area contributed by atoms with Crippen molar-refractivity contribution in [3.8, 4) is 5.69 Å². The summed E-state index contributed by atoms with van der Waals surface area (Å²) in [7, 11) is 0. The van der Waals surface area contributed by atoms with Crippen LogP contribution in [0.25, 0.3) is 5.69 Å². The van der Waals surface area contributed by atoms with Gasteiger partial charge in [0.2, 0.25) is 0 Å². The molecular weight excluding hydrogens is 411 g/mol. The predicted molar refractivity (Wildman–Crippen MR) is 98.5 cm³/mol. The zero-order valence-corrected chi connectivity index (χ0v) is 15.6. The number of ether oxygens (including phenoxy) is 1. The highest BCUT2D eigenvalue weighted by Gasteiger charge is 2.23. The molecule has 10 heteroatoms. The number of benzene rings is 2. The molecule has 1 aromatic heterocycles. The number of hydrogen-bond donors (Lipinski definition) is 1. The van der Waals surface area contributed by atoms with Gasteiger partial charge in [-0.1, -0.05) is 11.6 Å². The fourth-order valence-electron chi connectivity index (χ4n) is 2.47. The summed E-state index contributed by atoms with van der Waals surface area (Å²) in [5.74, 6) is -3.84. The number of carbonyl (C=O) groups excluding carboxylic acids is 2. The maximum atomic E-state index is 13.5. The van der Waals surface area contributed by atoms with Crippen LogP contribution < -0.4 is 5.32 Å². The van der Waals surface area contributed by atoms with Crippen molar-refractivity contribution in [2.24, 2.45) is 0 Å². The highest BCUT2D eigenvalue weighted by molar-refractivity contribution is 6.33. The van der Waals surface area contributed by atoms with Crippen LogP contribution in [0.4, 0.5) is 18.9 Å². The van der Waals surface area contributed by atoms with E-state index in [0.717, 1.165) is 18.2 Å². The van der Waals surface area contributed by atoms with Crippen molar-refractivity contribution in [1.29, 1.82) is 0 Å². The number of anilines is 1. The van der Waals surface area contributed by atoms with Gasteiger partial charge in [-0.05, 0) is 43.3 Å². The molecule has 0 fully saturated rings. The average molecular weight is 424 g/mol.